The summed E-state index contributed by atoms with van der Waals surface area (Å²) < 4.78 is 71.5. The van der Waals surface area contributed by atoms with Gasteiger partial charge < -0.3 is 8.92 Å². The molecule has 136 valence electrons. The lowest BCUT2D eigenvalue weighted by molar-refractivity contribution is 0.296. The third-order valence-electron chi connectivity index (χ3n) is 3.19. The molecule has 0 aliphatic rings. The number of aromatic nitrogens is 3. The molecule has 0 radical (unpaired) electrons. The highest BCUT2D eigenvalue weighted by Gasteiger charge is 2.13. The summed E-state index contributed by atoms with van der Waals surface area (Å²) in [5.41, 5.74) is 0.194. The van der Waals surface area contributed by atoms with Crippen LogP contribution in [-0.4, -0.2) is 23.2 Å². The molecule has 2 aromatic carbocycles. The number of benzene rings is 2. The Morgan fingerprint density at radius 2 is 1.77 bits per heavy atom. The van der Waals surface area contributed by atoms with Gasteiger partial charge in [-0.3, -0.25) is 0 Å². The molecule has 0 aliphatic carbocycles. The van der Waals surface area contributed by atoms with Crippen LogP contribution in [-0.2, 0) is 17.1 Å². The zero-order chi connectivity index (χ0) is 18.7. The van der Waals surface area contributed by atoms with Crippen molar-refractivity contribution in [1.29, 1.82) is 0 Å². The number of ether oxygens (including phenoxy) is 1. The Balaban J connectivity index is 1.75. The van der Waals surface area contributed by atoms with Gasteiger partial charge >= 0.3 is 10.5 Å². The van der Waals surface area contributed by atoms with Gasteiger partial charge in [0.25, 0.3) is 0 Å². The summed E-state index contributed by atoms with van der Waals surface area (Å²) in [7, 11) is -5.13. The Labute approximate surface area is 146 Å². The number of rotatable bonds is 6. The van der Waals surface area contributed by atoms with Crippen LogP contribution in [0.15, 0.2) is 49.1 Å². The fourth-order valence-electron chi connectivity index (χ4n) is 2.08. The molecule has 3 aromatic rings. The van der Waals surface area contributed by atoms with E-state index in [-0.39, 0.29) is 29.4 Å². The highest BCUT2D eigenvalue weighted by molar-refractivity contribution is 7.81. The molecule has 1 heterocycles. The van der Waals surface area contributed by atoms with Crippen LogP contribution >= 0.6 is 0 Å². The lowest BCUT2D eigenvalue weighted by atomic mass is 10.2. The molecular weight excluding hydrogens is 375 g/mol. The highest BCUT2D eigenvalue weighted by atomic mass is 32.3. The van der Waals surface area contributed by atoms with Crippen molar-refractivity contribution in [3.8, 4) is 17.2 Å². The average molecular weight is 385 g/mol. The predicted octanol–water partition coefficient (Wildman–Crippen LogP) is 2.72. The van der Waals surface area contributed by atoms with Crippen LogP contribution in [0.5, 0.6) is 11.5 Å². The van der Waals surface area contributed by atoms with Crippen molar-refractivity contribution >= 4 is 10.5 Å². The van der Waals surface area contributed by atoms with Crippen molar-refractivity contribution < 1.29 is 30.0 Å². The molecule has 1 aromatic heterocycles. The summed E-state index contributed by atoms with van der Waals surface area (Å²) in [4.78, 5) is 3.73. The van der Waals surface area contributed by atoms with Gasteiger partial charge in [0.05, 0.1) is 5.69 Å². The summed E-state index contributed by atoms with van der Waals surface area (Å²) in [6, 6.07) is 7.19. The van der Waals surface area contributed by atoms with Crippen molar-refractivity contribution in [1.82, 2.24) is 14.8 Å². The monoisotopic (exact) mass is 385 g/mol. The first kappa shape index (κ1) is 17.7. The summed E-state index contributed by atoms with van der Waals surface area (Å²) in [5.74, 6) is -2.20. The average Bonchev–Trinajstić information content (AvgIpc) is 3.10. The number of hydrogen-bond acceptors (Lipinski definition) is 6. The van der Waals surface area contributed by atoms with Crippen LogP contribution < -0.4 is 8.92 Å². The lowest BCUT2D eigenvalue weighted by Crippen LogP contribution is -2.05. The van der Waals surface area contributed by atoms with E-state index < -0.39 is 22.1 Å². The molecule has 0 unspecified atom stereocenters. The van der Waals surface area contributed by atoms with Crippen molar-refractivity contribution in [2.75, 3.05) is 0 Å². The quantitative estimate of drug-likeness (QED) is 0.607. The van der Waals surface area contributed by atoms with Crippen LogP contribution in [0.3, 0.4) is 0 Å². The van der Waals surface area contributed by atoms with E-state index in [2.05, 4.69) is 14.3 Å². The van der Waals surface area contributed by atoms with Crippen molar-refractivity contribution in [2.45, 2.75) is 6.61 Å². The number of hydrogen-bond donors (Lipinski definition) is 0. The number of nitrogens with zero attached hydrogens (tertiary/aromatic N) is 3. The Morgan fingerprint density at radius 1 is 1.08 bits per heavy atom. The molecule has 0 fully saturated rings. The van der Waals surface area contributed by atoms with Crippen LogP contribution in [0.2, 0.25) is 0 Å². The molecule has 0 N–H and O–H groups in total. The predicted molar refractivity (Wildman–Crippen MR) is 82.7 cm³/mol. The van der Waals surface area contributed by atoms with Crippen molar-refractivity contribution in [3.63, 3.8) is 0 Å². The summed E-state index contributed by atoms with van der Waals surface area (Å²) in [6.45, 7) is -0.313. The zero-order valence-corrected chi connectivity index (χ0v) is 13.7. The SMILES string of the molecule is O=S(=O)(F)Oc1ccc(OCc2cc(-n3cncn3)cc(F)c2F)cc1. The standard InChI is InChI=1S/C15H10F3N3O4S/c16-14-6-11(21-9-19-8-20-21)5-10(15(14)17)7-24-12-1-3-13(4-2-12)25-26(18,22)23/h1-6,8-9H,7H2. The zero-order valence-electron chi connectivity index (χ0n) is 12.8. The minimum atomic E-state index is -5.13. The molecular formula is C15H10F3N3O4S. The third-order valence-corrected chi connectivity index (χ3v) is 3.58. The van der Waals surface area contributed by atoms with E-state index >= 15 is 0 Å². The Kier molecular flexibility index (Phi) is 4.80. The molecule has 7 nitrogen and oxygen atoms in total. The van der Waals surface area contributed by atoms with Gasteiger partial charge in [-0.25, -0.2) is 18.4 Å². The third kappa shape index (κ3) is 4.30. The normalized spacial score (nSPS) is 11.3. The molecule has 0 amide bonds. The first-order chi connectivity index (χ1) is 12.3. The molecule has 11 heteroatoms. The van der Waals surface area contributed by atoms with Gasteiger partial charge in [-0.05, 0) is 30.3 Å². The number of halogens is 3. The second-order valence-corrected chi connectivity index (χ2v) is 5.93. The smallest absolute Gasteiger partial charge is 0.488 e. The molecule has 3 rings (SSSR count). The molecule has 0 bridgehead atoms. The molecule has 0 atom stereocenters. The van der Waals surface area contributed by atoms with E-state index in [1.807, 2.05) is 0 Å². The van der Waals surface area contributed by atoms with Crippen molar-refractivity contribution in [3.05, 3.63) is 66.3 Å². The van der Waals surface area contributed by atoms with Gasteiger partial charge in [0.2, 0.25) is 0 Å². The molecule has 0 aliphatic heterocycles. The Hall–Kier alpha value is -3.08. The fourth-order valence-corrected chi connectivity index (χ4v) is 2.42. The van der Waals surface area contributed by atoms with Gasteiger partial charge in [0, 0.05) is 11.6 Å². The minimum Gasteiger partial charge on any atom is -0.489 e. The molecule has 0 saturated carbocycles. The van der Waals surface area contributed by atoms with E-state index in [1.165, 1.54) is 35.5 Å². The Morgan fingerprint density at radius 3 is 2.38 bits per heavy atom. The Bertz CT molecular complexity index is 1010. The van der Waals surface area contributed by atoms with Crippen LogP contribution in [0.1, 0.15) is 5.56 Å². The van der Waals surface area contributed by atoms with Gasteiger partial charge in [0.1, 0.15) is 30.8 Å². The lowest BCUT2D eigenvalue weighted by Gasteiger charge is -2.10. The largest absolute Gasteiger partial charge is 0.489 e. The van der Waals surface area contributed by atoms with Crippen LogP contribution in [0.25, 0.3) is 5.69 Å². The molecule has 26 heavy (non-hydrogen) atoms. The minimum absolute atomic E-state index is 0.0674. The fraction of sp³-hybridized carbons (Fsp3) is 0.0667. The van der Waals surface area contributed by atoms with Gasteiger partial charge in [0.15, 0.2) is 11.6 Å². The summed E-state index contributed by atoms with van der Waals surface area (Å²) in [6.07, 6.45) is 2.58. The van der Waals surface area contributed by atoms with Crippen LogP contribution in [0.4, 0.5) is 12.7 Å². The maximum Gasteiger partial charge on any atom is 0.488 e. The van der Waals surface area contributed by atoms with E-state index in [1.54, 1.807) is 0 Å². The first-order valence-corrected chi connectivity index (χ1v) is 8.32. The van der Waals surface area contributed by atoms with Gasteiger partial charge in [-0.2, -0.15) is 13.5 Å². The van der Waals surface area contributed by atoms with Gasteiger partial charge in [-0.15, -0.1) is 0 Å². The first-order valence-electron chi connectivity index (χ1n) is 7.02. The second-order valence-electron chi connectivity index (χ2n) is 4.98. The van der Waals surface area contributed by atoms with E-state index in [0.717, 1.165) is 18.2 Å². The van der Waals surface area contributed by atoms with Crippen LogP contribution in [0, 0.1) is 11.6 Å². The van der Waals surface area contributed by atoms with E-state index in [4.69, 9.17) is 4.74 Å². The van der Waals surface area contributed by atoms with E-state index in [0.29, 0.717) is 0 Å². The molecule has 0 saturated heterocycles. The van der Waals surface area contributed by atoms with Gasteiger partial charge in [-0.1, -0.05) is 3.89 Å². The topological polar surface area (TPSA) is 83.3 Å². The maximum atomic E-state index is 13.9. The highest BCUT2D eigenvalue weighted by Crippen LogP contribution is 2.22. The second kappa shape index (κ2) is 7.04. The maximum absolute atomic E-state index is 13.9. The summed E-state index contributed by atoms with van der Waals surface area (Å²) in [5, 5.41) is 3.84. The van der Waals surface area contributed by atoms with Crippen molar-refractivity contribution in [2.24, 2.45) is 0 Å². The summed E-state index contributed by atoms with van der Waals surface area (Å²) >= 11 is 0. The van der Waals surface area contributed by atoms with E-state index in [9.17, 15) is 21.1 Å². The molecule has 0 spiro atoms.